The summed E-state index contributed by atoms with van der Waals surface area (Å²) in [6.07, 6.45) is 4.55. The molecule has 0 aliphatic heterocycles. The van der Waals surface area contributed by atoms with Crippen LogP contribution >= 0.6 is 9.29 Å². The molecule has 0 fully saturated rings. The van der Waals surface area contributed by atoms with Crippen LogP contribution in [0.1, 0.15) is 39.5 Å². The zero-order valence-corrected chi connectivity index (χ0v) is 11.6. The molecule has 0 spiro atoms. The first-order chi connectivity index (χ1) is 5.81. The molecule has 0 aromatic rings. The Morgan fingerprint density at radius 1 is 1.00 bits per heavy atom. The van der Waals surface area contributed by atoms with Gasteiger partial charge in [0.2, 0.25) is 0 Å². The van der Waals surface area contributed by atoms with Crippen LogP contribution in [-0.4, -0.2) is 31.9 Å². The van der Waals surface area contributed by atoms with E-state index >= 15 is 0 Å². The molecule has 0 aliphatic rings. The molecule has 0 aromatic heterocycles. The average Bonchev–Trinajstić information content (AvgIpc) is 2.06. The van der Waals surface area contributed by atoms with Gasteiger partial charge in [0, 0.05) is 0 Å². The van der Waals surface area contributed by atoms with Crippen LogP contribution < -0.4 is 0 Å². The second-order valence-electron chi connectivity index (χ2n) is 2.65. The van der Waals surface area contributed by atoms with E-state index in [4.69, 9.17) is 15.4 Å². The quantitative estimate of drug-likeness (QED) is 0.507. The second-order valence-corrected chi connectivity index (χ2v) is 7.96. The molecule has 0 atom stereocenters. The SMILES string of the molecule is CCCC[O][Sn](=[S])[O]CCCC. The van der Waals surface area contributed by atoms with Gasteiger partial charge in [0.25, 0.3) is 0 Å². The van der Waals surface area contributed by atoms with Gasteiger partial charge in [-0.05, 0) is 0 Å². The summed E-state index contributed by atoms with van der Waals surface area (Å²) in [5.74, 6) is 0. The molecule has 12 heavy (non-hydrogen) atoms. The summed E-state index contributed by atoms with van der Waals surface area (Å²) in [5.41, 5.74) is 0. The molecule has 0 saturated carbocycles. The van der Waals surface area contributed by atoms with Crippen LogP contribution in [-0.2, 0) is 6.15 Å². The normalized spacial score (nSPS) is 10.2. The van der Waals surface area contributed by atoms with Crippen LogP contribution in [0.15, 0.2) is 0 Å². The van der Waals surface area contributed by atoms with Crippen molar-refractivity contribution in [3.05, 3.63) is 0 Å². The van der Waals surface area contributed by atoms with E-state index < -0.39 is 18.6 Å². The Morgan fingerprint density at radius 2 is 1.42 bits per heavy atom. The van der Waals surface area contributed by atoms with Gasteiger partial charge in [-0.2, -0.15) is 0 Å². The van der Waals surface area contributed by atoms with Gasteiger partial charge in [-0.1, -0.05) is 0 Å². The minimum absolute atomic E-state index is 0.806. The van der Waals surface area contributed by atoms with Crippen molar-refractivity contribution in [1.29, 1.82) is 0 Å². The molecule has 0 aliphatic carbocycles. The van der Waals surface area contributed by atoms with Gasteiger partial charge in [0.1, 0.15) is 0 Å². The van der Waals surface area contributed by atoms with E-state index in [1.165, 1.54) is 12.8 Å². The van der Waals surface area contributed by atoms with Gasteiger partial charge in [-0.25, -0.2) is 0 Å². The van der Waals surface area contributed by atoms with Crippen molar-refractivity contribution < 1.29 is 6.15 Å². The molecule has 0 unspecified atom stereocenters. The van der Waals surface area contributed by atoms with E-state index in [0.717, 1.165) is 26.1 Å². The van der Waals surface area contributed by atoms with Crippen molar-refractivity contribution in [2.75, 3.05) is 13.2 Å². The van der Waals surface area contributed by atoms with Gasteiger partial charge >= 0.3 is 86.8 Å². The first-order valence-electron chi connectivity index (χ1n) is 4.60. The monoisotopic (exact) mass is 298 g/mol. The van der Waals surface area contributed by atoms with Crippen LogP contribution in [0.25, 0.3) is 0 Å². The number of hydrogen-bond acceptors (Lipinski definition) is 3. The summed E-state index contributed by atoms with van der Waals surface area (Å²) in [6, 6.07) is 0. The van der Waals surface area contributed by atoms with Gasteiger partial charge < -0.3 is 0 Å². The number of hydrogen-bond donors (Lipinski definition) is 0. The summed E-state index contributed by atoms with van der Waals surface area (Å²) in [5, 5.41) is 0. The summed E-state index contributed by atoms with van der Waals surface area (Å²) in [4.78, 5) is 0. The van der Waals surface area contributed by atoms with E-state index in [0.29, 0.717) is 0 Å². The van der Waals surface area contributed by atoms with Gasteiger partial charge in [0.05, 0.1) is 0 Å². The van der Waals surface area contributed by atoms with Crippen LogP contribution in [0.3, 0.4) is 0 Å². The Morgan fingerprint density at radius 3 is 1.75 bits per heavy atom. The van der Waals surface area contributed by atoms with Gasteiger partial charge in [-0.15, -0.1) is 0 Å². The first kappa shape index (κ1) is 12.9. The third kappa shape index (κ3) is 9.03. The molecular formula is C8H18O2SSn. The fourth-order valence-electron chi connectivity index (χ4n) is 0.641. The molecule has 0 heterocycles. The molecular weight excluding hydrogens is 279 g/mol. The maximum absolute atomic E-state index is 5.42. The predicted molar refractivity (Wildman–Crippen MR) is 55.1 cm³/mol. The van der Waals surface area contributed by atoms with Crippen LogP contribution in [0.2, 0.25) is 0 Å². The summed E-state index contributed by atoms with van der Waals surface area (Å²) < 4.78 is 10.8. The van der Waals surface area contributed by atoms with Crippen molar-refractivity contribution in [2.45, 2.75) is 39.5 Å². The molecule has 0 N–H and O–H groups in total. The molecule has 4 heteroatoms. The standard InChI is InChI=1S/2C4H9O.S.Sn/c2*1-2-3-4-5;;/h2*2-4H2,1H3;;/q2*-1;;+2. The van der Waals surface area contributed by atoms with Crippen molar-refractivity contribution >= 4 is 27.9 Å². The van der Waals surface area contributed by atoms with E-state index in [-0.39, 0.29) is 0 Å². The molecule has 0 radical (unpaired) electrons. The Balaban J connectivity index is 3.10. The molecule has 2 nitrogen and oxygen atoms in total. The molecule has 0 saturated heterocycles. The van der Waals surface area contributed by atoms with Crippen molar-refractivity contribution in [3.63, 3.8) is 0 Å². The molecule has 0 aromatic carbocycles. The van der Waals surface area contributed by atoms with E-state index in [9.17, 15) is 0 Å². The summed E-state index contributed by atoms with van der Waals surface area (Å²) in [7, 11) is 5.12. The minimum atomic E-state index is -2.20. The number of unbranched alkanes of at least 4 members (excludes halogenated alkanes) is 2. The summed E-state index contributed by atoms with van der Waals surface area (Å²) in [6.45, 7) is 5.91. The van der Waals surface area contributed by atoms with E-state index in [2.05, 4.69) is 13.8 Å². The van der Waals surface area contributed by atoms with E-state index in [1.807, 2.05) is 0 Å². The van der Waals surface area contributed by atoms with Crippen LogP contribution in [0, 0.1) is 0 Å². The predicted octanol–water partition coefficient (Wildman–Crippen LogP) is 2.80. The Hall–Kier alpha value is 0.939. The topological polar surface area (TPSA) is 18.5 Å². The van der Waals surface area contributed by atoms with E-state index in [1.54, 1.807) is 0 Å². The van der Waals surface area contributed by atoms with Crippen LogP contribution in [0.5, 0.6) is 0 Å². The Kier molecular flexibility index (Phi) is 10.8. The zero-order chi connectivity index (χ0) is 9.23. The van der Waals surface area contributed by atoms with Crippen LogP contribution in [0.4, 0.5) is 0 Å². The third-order valence-electron chi connectivity index (χ3n) is 1.44. The Labute approximate surface area is 86.6 Å². The third-order valence-corrected chi connectivity index (χ3v) is 5.53. The second kappa shape index (κ2) is 10.0. The zero-order valence-electron chi connectivity index (χ0n) is 7.97. The van der Waals surface area contributed by atoms with Crippen molar-refractivity contribution in [3.8, 4) is 0 Å². The van der Waals surface area contributed by atoms with Gasteiger partial charge in [-0.3, -0.25) is 0 Å². The van der Waals surface area contributed by atoms with Crippen molar-refractivity contribution in [1.82, 2.24) is 0 Å². The fraction of sp³-hybridized carbons (Fsp3) is 1.00. The molecule has 0 amide bonds. The van der Waals surface area contributed by atoms with Gasteiger partial charge in [0.15, 0.2) is 0 Å². The molecule has 72 valence electrons. The first-order valence-corrected chi connectivity index (χ1v) is 10.8. The molecule has 0 bridgehead atoms. The maximum atomic E-state index is 5.42. The van der Waals surface area contributed by atoms with Crippen molar-refractivity contribution in [2.24, 2.45) is 0 Å². The molecule has 0 rings (SSSR count). The Bertz CT molecular complexity index is 108. The summed E-state index contributed by atoms with van der Waals surface area (Å²) >= 11 is -2.20. The number of rotatable bonds is 8. The fourth-order valence-corrected chi connectivity index (χ4v) is 3.77. The average molecular weight is 297 g/mol.